The summed E-state index contributed by atoms with van der Waals surface area (Å²) >= 11 is 0. The van der Waals surface area contributed by atoms with Crippen molar-refractivity contribution in [2.24, 2.45) is 5.41 Å². The van der Waals surface area contributed by atoms with Crippen LogP contribution in [-0.2, 0) is 13.0 Å². The van der Waals surface area contributed by atoms with Crippen LogP contribution in [0.1, 0.15) is 55.6 Å². The van der Waals surface area contributed by atoms with Gasteiger partial charge in [-0.25, -0.2) is 0 Å². The van der Waals surface area contributed by atoms with E-state index in [4.69, 9.17) is 5.26 Å². The smallest absolute Gasteiger partial charge is 0.250 e. The second-order valence-corrected chi connectivity index (χ2v) is 6.06. The van der Waals surface area contributed by atoms with Gasteiger partial charge in [0.05, 0.1) is 11.5 Å². The van der Waals surface area contributed by atoms with Crippen LogP contribution in [0, 0.1) is 16.7 Å². The lowest BCUT2D eigenvalue weighted by molar-refractivity contribution is 0.0970. The van der Waals surface area contributed by atoms with Crippen LogP contribution in [0.25, 0.3) is 0 Å². The SMILES string of the molecule is CC(C)(C#N)CCCn1c2c(ccc1=O)C(=O)CCC2. The third-order valence-electron chi connectivity index (χ3n) is 3.90. The molecule has 1 aromatic heterocycles. The molecule has 106 valence electrons. The van der Waals surface area contributed by atoms with E-state index in [0.29, 0.717) is 18.5 Å². The number of hydrogen-bond acceptors (Lipinski definition) is 3. The molecule has 0 amide bonds. The average Bonchev–Trinajstić information content (AvgIpc) is 2.41. The van der Waals surface area contributed by atoms with E-state index in [0.717, 1.165) is 31.4 Å². The number of nitriles is 1. The first-order chi connectivity index (χ1) is 9.44. The summed E-state index contributed by atoms with van der Waals surface area (Å²) < 4.78 is 1.72. The van der Waals surface area contributed by atoms with Gasteiger partial charge in [0.25, 0.3) is 5.56 Å². The van der Waals surface area contributed by atoms with Gasteiger partial charge in [-0.05, 0) is 45.6 Å². The molecule has 0 saturated carbocycles. The molecule has 0 aromatic carbocycles. The van der Waals surface area contributed by atoms with Gasteiger partial charge in [-0.2, -0.15) is 5.26 Å². The minimum Gasteiger partial charge on any atom is -0.312 e. The van der Waals surface area contributed by atoms with Gasteiger partial charge in [-0.1, -0.05) is 0 Å². The van der Waals surface area contributed by atoms with Crippen LogP contribution >= 0.6 is 0 Å². The Labute approximate surface area is 119 Å². The summed E-state index contributed by atoms with van der Waals surface area (Å²) in [6.45, 7) is 4.39. The van der Waals surface area contributed by atoms with Gasteiger partial charge >= 0.3 is 0 Å². The lowest BCUT2D eigenvalue weighted by Crippen LogP contribution is -2.28. The van der Waals surface area contributed by atoms with Crippen LogP contribution in [0.15, 0.2) is 16.9 Å². The molecular weight excluding hydrogens is 252 g/mol. The number of carbonyl (C=O) groups is 1. The summed E-state index contributed by atoms with van der Waals surface area (Å²) in [5.74, 6) is 0.136. The second kappa shape index (κ2) is 5.62. The predicted octanol–water partition coefficient (Wildman–Crippen LogP) is 2.70. The van der Waals surface area contributed by atoms with Crippen molar-refractivity contribution in [3.05, 3.63) is 33.7 Å². The van der Waals surface area contributed by atoms with E-state index in [2.05, 4.69) is 6.07 Å². The Bertz CT molecular complexity index is 620. The number of nitrogens with zero attached hydrogens (tertiary/aromatic N) is 2. The van der Waals surface area contributed by atoms with Crippen molar-refractivity contribution in [1.29, 1.82) is 5.26 Å². The first-order valence-corrected chi connectivity index (χ1v) is 7.12. The van der Waals surface area contributed by atoms with Crippen molar-refractivity contribution in [3.8, 4) is 6.07 Å². The molecule has 0 unspecified atom stereocenters. The summed E-state index contributed by atoms with van der Waals surface area (Å²) in [6.07, 6.45) is 3.70. The third-order valence-corrected chi connectivity index (χ3v) is 3.90. The van der Waals surface area contributed by atoms with E-state index in [1.54, 1.807) is 10.6 Å². The van der Waals surface area contributed by atoms with Crippen LogP contribution < -0.4 is 5.56 Å². The number of fused-ring (bicyclic) bond motifs is 1. The molecule has 0 atom stereocenters. The number of aromatic nitrogens is 1. The van der Waals surface area contributed by atoms with E-state index in [9.17, 15) is 9.59 Å². The van der Waals surface area contributed by atoms with E-state index >= 15 is 0 Å². The zero-order valence-corrected chi connectivity index (χ0v) is 12.1. The number of ketones is 1. The van der Waals surface area contributed by atoms with Gasteiger partial charge in [0.15, 0.2) is 5.78 Å². The van der Waals surface area contributed by atoms with E-state index < -0.39 is 0 Å². The van der Waals surface area contributed by atoms with Crippen molar-refractivity contribution in [1.82, 2.24) is 4.57 Å². The molecule has 4 heteroatoms. The van der Waals surface area contributed by atoms with Crippen LogP contribution in [0.5, 0.6) is 0 Å². The van der Waals surface area contributed by atoms with Crippen molar-refractivity contribution in [2.45, 2.75) is 52.5 Å². The highest BCUT2D eigenvalue weighted by molar-refractivity contribution is 5.97. The first-order valence-electron chi connectivity index (χ1n) is 7.12. The molecule has 0 N–H and O–H groups in total. The quantitative estimate of drug-likeness (QED) is 0.846. The number of pyridine rings is 1. The maximum absolute atomic E-state index is 12.0. The minimum absolute atomic E-state index is 0.0480. The van der Waals surface area contributed by atoms with Crippen molar-refractivity contribution in [2.75, 3.05) is 0 Å². The maximum atomic E-state index is 12.0. The molecular formula is C16H20N2O2. The Morgan fingerprint density at radius 2 is 2.05 bits per heavy atom. The maximum Gasteiger partial charge on any atom is 0.250 e. The number of hydrogen-bond donors (Lipinski definition) is 0. The van der Waals surface area contributed by atoms with Crippen molar-refractivity contribution >= 4 is 5.78 Å². The number of carbonyl (C=O) groups excluding carboxylic acids is 1. The van der Waals surface area contributed by atoms with Crippen LogP contribution in [0.2, 0.25) is 0 Å². The molecule has 20 heavy (non-hydrogen) atoms. The fourth-order valence-electron chi connectivity index (χ4n) is 2.67. The minimum atomic E-state index is -0.367. The first kappa shape index (κ1) is 14.5. The molecule has 0 aliphatic heterocycles. The second-order valence-electron chi connectivity index (χ2n) is 6.06. The van der Waals surface area contributed by atoms with Crippen LogP contribution in [0.3, 0.4) is 0 Å². The standard InChI is InChI=1S/C16H20N2O2/c1-16(2,11-17)9-4-10-18-13-5-3-6-14(19)12(13)7-8-15(18)20/h7-8H,3-6,9-10H2,1-2H3. The zero-order valence-electron chi connectivity index (χ0n) is 12.1. The average molecular weight is 272 g/mol. The Kier molecular flexibility index (Phi) is 4.08. The molecule has 0 fully saturated rings. The molecule has 0 radical (unpaired) electrons. The molecule has 0 spiro atoms. The Morgan fingerprint density at radius 1 is 1.30 bits per heavy atom. The largest absolute Gasteiger partial charge is 0.312 e. The monoisotopic (exact) mass is 272 g/mol. The predicted molar refractivity (Wildman–Crippen MR) is 76.6 cm³/mol. The van der Waals surface area contributed by atoms with E-state index in [1.165, 1.54) is 6.07 Å². The van der Waals surface area contributed by atoms with Gasteiger partial charge < -0.3 is 4.57 Å². The molecule has 1 heterocycles. The normalized spacial score (nSPS) is 14.8. The fourth-order valence-corrected chi connectivity index (χ4v) is 2.67. The van der Waals surface area contributed by atoms with Crippen molar-refractivity contribution in [3.63, 3.8) is 0 Å². The summed E-state index contributed by atoms with van der Waals surface area (Å²) in [4.78, 5) is 23.9. The Hall–Kier alpha value is -1.89. The number of rotatable bonds is 4. The molecule has 0 bridgehead atoms. The molecule has 0 saturated heterocycles. The highest BCUT2D eigenvalue weighted by atomic mass is 16.1. The fraction of sp³-hybridized carbons (Fsp3) is 0.562. The third kappa shape index (κ3) is 2.98. The summed E-state index contributed by atoms with van der Waals surface area (Å²) in [5.41, 5.74) is 1.17. The summed E-state index contributed by atoms with van der Waals surface area (Å²) in [7, 11) is 0. The Balaban J connectivity index is 2.20. The summed E-state index contributed by atoms with van der Waals surface area (Å²) in [5, 5.41) is 9.01. The van der Waals surface area contributed by atoms with Gasteiger partial charge in [0.1, 0.15) is 0 Å². The van der Waals surface area contributed by atoms with E-state index in [1.807, 2.05) is 13.8 Å². The lowest BCUT2D eigenvalue weighted by atomic mass is 9.89. The highest BCUT2D eigenvalue weighted by Crippen LogP contribution is 2.23. The van der Waals surface area contributed by atoms with Crippen LogP contribution in [-0.4, -0.2) is 10.4 Å². The molecule has 4 nitrogen and oxygen atoms in total. The van der Waals surface area contributed by atoms with Gasteiger partial charge in [-0.15, -0.1) is 0 Å². The lowest BCUT2D eigenvalue weighted by Gasteiger charge is -2.21. The molecule has 1 aromatic rings. The molecule has 2 rings (SSSR count). The number of Topliss-reactive ketones (excluding diaryl/α,β-unsaturated/α-hetero) is 1. The summed E-state index contributed by atoms with van der Waals surface area (Å²) in [6, 6.07) is 5.42. The van der Waals surface area contributed by atoms with Gasteiger partial charge in [0, 0.05) is 30.3 Å². The van der Waals surface area contributed by atoms with E-state index in [-0.39, 0.29) is 16.8 Å². The van der Waals surface area contributed by atoms with Gasteiger partial charge in [-0.3, -0.25) is 9.59 Å². The van der Waals surface area contributed by atoms with Crippen molar-refractivity contribution < 1.29 is 4.79 Å². The molecule has 1 aliphatic rings. The highest BCUT2D eigenvalue weighted by Gasteiger charge is 2.21. The zero-order chi connectivity index (χ0) is 14.8. The topological polar surface area (TPSA) is 62.9 Å². The van der Waals surface area contributed by atoms with Crippen LogP contribution in [0.4, 0.5) is 0 Å². The Morgan fingerprint density at radius 3 is 2.75 bits per heavy atom. The molecule has 1 aliphatic carbocycles. The van der Waals surface area contributed by atoms with Gasteiger partial charge in [0.2, 0.25) is 0 Å².